The highest BCUT2D eigenvalue weighted by Crippen LogP contribution is 2.27. The first-order valence-corrected chi connectivity index (χ1v) is 7.84. The lowest BCUT2D eigenvalue weighted by atomic mass is 10.2. The first-order valence-electron chi connectivity index (χ1n) is 7.84. The van der Waals surface area contributed by atoms with Gasteiger partial charge in [-0.1, -0.05) is 0 Å². The zero-order chi connectivity index (χ0) is 18.9. The zero-order valence-corrected chi connectivity index (χ0v) is 14.4. The number of carbonyl (C=O) groups excluding carboxylic acids is 1. The smallest absolute Gasteiger partial charge is 0.342 e. The molecule has 0 saturated heterocycles. The van der Waals surface area contributed by atoms with E-state index in [0.717, 1.165) is 0 Å². The van der Waals surface area contributed by atoms with Gasteiger partial charge >= 0.3 is 5.69 Å². The molecule has 0 fully saturated rings. The van der Waals surface area contributed by atoms with Crippen molar-refractivity contribution in [1.29, 1.82) is 0 Å². The Balaban J connectivity index is 1.91. The number of aromatic nitrogens is 3. The molecule has 0 bridgehead atoms. The van der Waals surface area contributed by atoms with Crippen molar-refractivity contribution >= 4 is 12.1 Å². The van der Waals surface area contributed by atoms with Gasteiger partial charge < -0.3 is 9.47 Å². The van der Waals surface area contributed by atoms with Gasteiger partial charge in [-0.05, 0) is 30.7 Å². The normalized spacial score (nSPS) is 10.7. The van der Waals surface area contributed by atoms with E-state index in [2.05, 4.69) is 20.7 Å². The number of aryl methyl sites for hydroxylation is 1. The van der Waals surface area contributed by atoms with E-state index < -0.39 is 17.2 Å². The second-order valence-electron chi connectivity index (χ2n) is 5.09. The summed E-state index contributed by atoms with van der Waals surface area (Å²) in [4.78, 5) is 36.2. The van der Waals surface area contributed by atoms with Gasteiger partial charge in [-0.3, -0.25) is 14.6 Å². The highest BCUT2D eigenvalue weighted by molar-refractivity contribution is 5.83. The minimum absolute atomic E-state index is 0.00767. The van der Waals surface area contributed by atoms with E-state index in [1.165, 1.54) is 6.21 Å². The minimum Gasteiger partial charge on any atom is -0.493 e. The van der Waals surface area contributed by atoms with Crippen LogP contribution in [0.1, 0.15) is 24.6 Å². The van der Waals surface area contributed by atoms with Gasteiger partial charge in [0.25, 0.3) is 5.56 Å². The van der Waals surface area contributed by atoms with Crippen molar-refractivity contribution in [2.24, 2.45) is 5.10 Å². The van der Waals surface area contributed by atoms with Crippen LogP contribution >= 0.6 is 0 Å². The van der Waals surface area contributed by atoms with E-state index in [9.17, 15) is 14.4 Å². The van der Waals surface area contributed by atoms with Gasteiger partial charge in [0.2, 0.25) is 5.91 Å². The molecule has 0 unspecified atom stereocenters. The quantitative estimate of drug-likeness (QED) is 0.445. The fourth-order valence-electron chi connectivity index (χ4n) is 2.05. The van der Waals surface area contributed by atoms with Crippen molar-refractivity contribution in [3.63, 3.8) is 0 Å². The molecule has 3 N–H and O–H groups in total. The lowest BCUT2D eigenvalue weighted by Crippen LogP contribution is -2.28. The molecule has 138 valence electrons. The van der Waals surface area contributed by atoms with Crippen molar-refractivity contribution in [2.75, 3.05) is 13.7 Å². The number of hydrogen-bond acceptors (Lipinski definition) is 7. The first kappa shape index (κ1) is 18.9. The number of benzene rings is 1. The van der Waals surface area contributed by atoms with Gasteiger partial charge in [0.1, 0.15) is 5.69 Å². The second-order valence-corrected chi connectivity index (χ2v) is 5.09. The minimum atomic E-state index is -0.696. The van der Waals surface area contributed by atoms with Crippen molar-refractivity contribution in [2.45, 2.75) is 19.8 Å². The molecule has 2 rings (SSSR count). The molecule has 26 heavy (non-hydrogen) atoms. The fraction of sp³-hybridized carbons (Fsp3) is 0.312. The Hall–Kier alpha value is -3.43. The molecular formula is C16H19N5O5. The molecule has 10 heteroatoms. The summed E-state index contributed by atoms with van der Waals surface area (Å²) < 4.78 is 10.7. The van der Waals surface area contributed by atoms with Gasteiger partial charge in [0, 0.05) is 12.8 Å². The van der Waals surface area contributed by atoms with E-state index in [4.69, 9.17) is 9.47 Å². The summed E-state index contributed by atoms with van der Waals surface area (Å²) >= 11 is 0. The molecule has 0 aliphatic rings. The topological polar surface area (TPSA) is 139 Å². The standard InChI is InChI=1S/C16H19N5O5/c1-3-26-13-8-10(4-6-12(13)25-2)9-17-20-14(22)7-5-11-15(23)18-16(24)21-19-11/h4,6,8-9H,3,5,7H2,1-2H3,(H,20,22)(H2,18,21,23,24)/b17-9+. The third-order valence-electron chi connectivity index (χ3n) is 3.26. The van der Waals surface area contributed by atoms with Crippen molar-refractivity contribution in [3.8, 4) is 11.5 Å². The van der Waals surface area contributed by atoms with Crippen molar-refractivity contribution < 1.29 is 14.3 Å². The van der Waals surface area contributed by atoms with E-state index in [-0.39, 0.29) is 18.5 Å². The number of aromatic amines is 2. The Morgan fingerprint density at radius 3 is 2.85 bits per heavy atom. The van der Waals surface area contributed by atoms with Crippen LogP contribution in [-0.4, -0.2) is 41.0 Å². The third-order valence-corrected chi connectivity index (χ3v) is 3.26. The molecule has 0 aliphatic heterocycles. The van der Waals surface area contributed by atoms with Crippen LogP contribution in [0.3, 0.4) is 0 Å². The van der Waals surface area contributed by atoms with E-state index in [1.807, 2.05) is 11.9 Å². The number of hydrogen-bond donors (Lipinski definition) is 3. The first-order chi connectivity index (χ1) is 12.5. The zero-order valence-electron chi connectivity index (χ0n) is 14.4. The second kappa shape index (κ2) is 9.16. The number of hydrazone groups is 1. The number of H-pyrrole nitrogens is 2. The maximum atomic E-state index is 11.8. The summed E-state index contributed by atoms with van der Waals surface area (Å²) in [6.07, 6.45) is 1.53. The number of carbonyl (C=O) groups is 1. The Morgan fingerprint density at radius 2 is 2.15 bits per heavy atom. The predicted molar refractivity (Wildman–Crippen MR) is 93.7 cm³/mol. The highest BCUT2D eigenvalue weighted by Gasteiger charge is 2.07. The van der Waals surface area contributed by atoms with Crippen LogP contribution in [0.2, 0.25) is 0 Å². The number of rotatable bonds is 8. The van der Waals surface area contributed by atoms with Crippen LogP contribution in [0.5, 0.6) is 11.5 Å². The van der Waals surface area contributed by atoms with E-state index in [0.29, 0.717) is 23.7 Å². The summed E-state index contributed by atoms with van der Waals surface area (Å²) in [5.41, 5.74) is 1.83. The van der Waals surface area contributed by atoms with Gasteiger partial charge in [-0.15, -0.1) is 0 Å². The molecule has 10 nitrogen and oxygen atoms in total. The van der Waals surface area contributed by atoms with Gasteiger partial charge in [-0.25, -0.2) is 15.3 Å². The number of methoxy groups -OCH3 is 1. The van der Waals surface area contributed by atoms with Crippen LogP contribution < -0.4 is 26.1 Å². The molecule has 1 aromatic heterocycles. The molecule has 2 aromatic rings. The molecule has 0 spiro atoms. The molecule has 1 heterocycles. The molecule has 0 saturated carbocycles. The summed E-state index contributed by atoms with van der Waals surface area (Å²) in [6.45, 7) is 2.36. The van der Waals surface area contributed by atoms with Gasteiger partial charge in [0.05, 0.1) is 19.9 Å². The average Bonchev–Trinajstić information content (AvgIpc) is 2.61. The largest absolute Gasteiger partial charge is 0.493 e. The summed E-state index contributed by atoms with van der Waals surface area (Å²) in [7, 11) is 1.55. The monoisotopic (exact) mass is 361 g/mol. The van der Waals surface area contributed by atoms with Crippen LogP contribution in [0.4, 0.5) is 0 Å². The number of amides is 1. The lowest BCUT2D eigenvalue weighted by molar-refractivity contribution is -0.121. The number of nitrogens with one attached hydrogen (secondary N) is 3. The van der Waals surface area contributed by atoms with Gasteiger partial charge in [-0.2, -0.15) is 10.2 Å². The van der Waals surface area contributed by atoms with E-state index in [1.54, 1.807) is 25.3 Å². The summed E-state index contributed by atoms with van der Waals surface area (Å²) in [5.74, 6) is 0.785. The fourth-order valence-corrected chi connectivity index (χ4v) is 2.05. The van der Waals surface area contributed by atoms with Crippen molar-refractivity contribution in [1.82, 2.24) is 20.6 Å². The lowest BCUT2D eigenvalue weighted by Gasteiger charge is -2.09. The Morgan fingerprint density at radius 1 is 1.35 bits per heavy atom. The maximum Gasteiger partial charge on any atom is 0.342 e. The molecule has 0 radical (unpaired) electrons. The van der Waals surface area contributed by atoms with Crippen LogP contribution in [0, 0.1) is 0 Å². The molecule has 1 aromatic carbocycles. The van der Waals surface area contributed by atoms with Crippen molar-refractivity contribution in [3.05, 3.63) is 50.3 Å². The third kappa shape index (κ3) is 5.30. The van der Waals surface area contributed by atoms with Gasteiger partial charge in [0.15, 0.2) is 11.5 Å². The van der Waals surface area contributed by atoms with Crippen LogP contribution in [0.15, 0.2) is 32.9 Å². The van der Waals surface area contributed by atoms with Crippen LogP contribution in [-0.2, 0) is 11.2 Å². The molecule has 0 atom stereocenters. The average molecular weight is 361 g/mol. The predicted octanol–water partition coefficient (Wildman–Crippen LogP) is -0.0516. The van der Waals surface area contributed by atoms with Crippen LogP contribution in [0.25, 0.3) is 0 Å². The molecule has 0 aliphatic carbocycles. The highest BCUT2D eigenvalue weighted by atomic mass is 16.5. The number of nitrogens with zero attached hydrogens (tertiary/aromatic N) is 2. The molecule has 1 amide bonds. The maximum absolute atomic E-state index is 11.8. The number of ether oxygens (including phenoxy) is 2. The Bertz CT molecular complexity index is 902. The van der Waals surface area contributed by atoms with E-state index >= 15 is 0 Å². The Kier molecular flexibility index (Phi) is 6.66. The summed E-state index contributed by atoms with van der Waals surface area (Å²) in [6, 6.07) is 5.24. The molecular weight excluding hydrogens is 342 g/mol. The Labute approximate surface area is 148 Å². The SMILES string of the molecule is CCOc1cc(/C=N/NC(=O)CCc2n[nH]c(=O)[nH]c2=O)ccc1OC. The summed E-state index contributed by atoms with van der Waals surface area (Å²) in [5, 5.41) is 9.57.